The minimum Gasteiger partial charge on any atom is -0.493 e. The first-order valence-electron chi connectivity index (χ1n) is 12.0. The lowest BCUT2D eigenvalue weighted by Crippen LogP contribution is -2.22. The molecule has 0 spiro atoms. The van der Waals surface area contributed by atoms with E-state index in [4.69, 9.17) is 23.6 Å². The van der Waals surface area contributed by atoms with E-state index in [-0.39, 0.29) is 0 Å². The third-order valence-electron chi connectivity index (χ3n) is 6.81. The van der Waals surface area contributed by atoms with Crippen molar-refractivity contribution in [3.63, 3.8) is 0 Å². The van der Waals surface area contributed by atoms with Crippen LogP contribution in [-0.4, -0.2) is 33.8 Å². The molecule has 0 radical (unpaired) electrons. The molecule has 0 fully saturated rings. The van der Waals surface area contributed by atoms with Crippen molar-refractivity contribution < 1.29 is 18.6 Å². The molecule has 1 unspecified atom stereocenters. The highest BCUT2D eigenvalue weighted by molar-refractivity contribution is 9.10. The smallest absolute Gasteiger partial charge is 0.344 e. The monoisotopic (exact) mass is 582 g/mol. The van der Waals surface area contributed by atoms with Gasteiger partial charge in [0.2, 0.25) is 5.88 Å². The van der Waals surface area contributed by atoms with Gasteiger partial charge in [0, 0.05) is 15.6 Å². The fraction of sp³-hybridized carbons (Fsp3) is 0.103. The van der Waals surface area contributed by atoms with E-state index in [1.807, 2.05) is 48.5 Å². The highest BCUT2D eigenvalue weighted by Gasteiger charge is 2.39. The molecule has 0 saturated carbocycles. The second-order valence-corrected chi connectivity index (χ2v) is 9.84. The quantitative estimate of drug-likeness (QED) is 0.234. The van der Waals surface area contributed by atoms with Crippen molar-refractivity contribution in [3.05, 3.63) is 105 Å². The van der Waals surface area contributed by atoms with Gasteiger partial charge in [0.25, 0.3) is 0 Å². The summed E-state index contributed by atoms with van der Waals surface area (Å²) >= 11 is 3.47. The van der Waals surface area contributed by atoms with Gasteiger partial charge in [-0.15, -0.1) is 5.10 Å². The zero-order valence-corrected chi connectivity index (χ0v) is 22.3. The van der Waals surface area contributed by atoms with Gasteiger partial charge in [-0.3, -0.25) is 0 Å². The molecule has 7 rings (SSSR count). The average Bonchev–Trinajstić information content (AvgIpc) is 3.41. The van der Waals surface area contributed by atoms with Crippen molar-refractivity contribution in [1.29, 1.82) is 0 Å². The van der Waals surface area contributed by atoms with Crippen LogP contribution in [0.1, 0.15) is 22.6 Å². The first kappa shape index (κ1) is 23.4. The van der Waals surface area contributed by atoms with E-state index >= 15 is 0 Å². The van der Waals surface area contributed by atoms with Gasteiger partial charge in [-0.2, -0.15) is 0 Å². The van der Waals surface area contributed by atoms with Crippen molar-refractivity contribution in [1.82, 2.24) is 19.6 Å². The highest BCUT2D eigenvalue weighted by Crippen LogP contribution is 2.51. The third kappa shape index (κ3) is 3.59. The number of aromatic nitrogens is 4. The maximum atomic E-state index is 13.6. The van der Waals surface area contributed by atoms with Gasteiger partial charge in [-0.1, -0.05) is 52.3 Å². The number of hydrogen-bond acceptors (Lipinski definition) is 8. The van der Waals surface area contributed by atoms with Crippen LogP contribution in [0.5, 0.6) is 23.1 Å². The van der Waals surface area contributed by atoms with E-state index in [2.05, 4.69) is 26.0 Å². The molecule has 3 aromatic heterocycles. The predicted molar refractivity (Wildman–Crippen MR) is 147 cm³/mol. The van der Waals surface area contributed by atoms with Gasteiger partial charge in [-0.05, 0) is 30.3 Å². The molecule has 0 bridgehead atoms. The minimum absolute atomic E-state index is 0.315. The summed E-state index contributed by atoms with van der Waals surface area (Å²) in [6.07, 6.45) is 1.56. The molecule has 6 aromatic rings. The van der Waals surface area contributed by atoms with Crippen LogP contribution in [0.3, 0.4) is 0 Å². The Kier molecular flexibility index (Phi) is 5.38. The molecule has 1 atom stereocenters. The van der Waals surface area contributed by atoms with Crippen LogP contribution < -0.4 is 19.8 Å². The van der Waals surface area contributed by atoms with Crippen LogP contribution in [0.4, 0.5) is 0 Å². The molecule has 9 nitrogen and oxygen atoms in total. The summed E-state index contributed by atoms with van der Waals surface area (Å²) < 4.78 is 26.1. The van der Waals surface area contributed by atoms with E-state index < -0.39 is 11.5 Å². The summed E-state index contributed by atoms with van der Waals surface area (Å²) in [5, 5.41) is 5.32. The fourth-order valence-corrected chi connectivity index (χ4v) is 5.37. The number of rotatable bonds is 4. The largest absolute Gasteiger partial charge is 0.493 e. The average molecular weight is 583 g/mol. The molecule has 0 aliphatic carbocycles. The first-order chi connectivity index (χ1) is 19.1. The van der Waals surface area contributed by atoms with Crippen LogP contribution in [0.25, 0.3) is 28.0 Å². The number of fused-ring (bicyclic) bond motifs is 6. The van der Waals surface area contributed by atoms with Crippen LogP contribution >= 0.6 is 15.9 Å². The first-order valence-corrected chi connectivity index (χ1v) is 12.8. The van der Waals surface area contributed by atoms with Crippen LogP contribution in [-0.2, 0) is 0 Å². The molecule has 10 heteroatoms. The number of hydrogen-bond donors (Lipinski definition) is 0. The summed E-state index contributed by atoms with van der Waals surface area (Å²) in [7, 11) is 3.13. The van der Waals surface area contributed by atoms with Crippen molar-refractivity contribution >= 4 is 32.5 Å². The number of halogens is 1. The number of methoxy groups -OCH3 is 2. The van der Waals surface area contributed by atoms with E-state index in [1.54, 1.807) is 43.3 Å². The SMILES string of the molecule is COc1cccc(C2c3c(c4ccccc4oc3=O)Oc3ncn4nc(-c5ccc(Br)cc5)nc4c32)c1OC. The Morgan fingerprint density at radius 3 is 2.56 bits per heavy atom. The van der Waals surface area contributed by atoms with E-state index in [9.17, 15) is 4.79 Å². The van der Waals surface area contributed by atoms with Crippen LogP contribution in [0.2, 0.25) is 0 Å². The molecule has 0 amide bonds. The number of ether oxygens (including phenoxy) is 3. The number of benzene rings is 3. The third-order valence-corrected chi connectivity index (χ3v) is 7.34. The van der Waals surface area contributed by atoms with E-state index in [0.29, 0.717) is 62.3 Å². The number of nitrogens with zero attached hydrogens (tertiary/aromatic N) is 4. The Balaban J connectivity index is 1.57. The normalized spacial score (nSPS) is 14.1. The van der Waals surface area contributed by atoms with Crippen LogP contribution in [0, 0.1) is 0 Å². The molecule has 39 heavy (non-hydrogen) atoms. The maximum Gasteiger partial charge on any atom is 0.344 e. The van der Waals surface area contributed by atoms with Crippen LogP contribution in [0.15, 0.2) is 86.7 Å². The standard InChI is InChI=1S/C29H19BrN4O5/c1-36-20-9-5-7-18(24(20)37-2)21-22-25(17-6-3-4-8-19(17)38-29(22)35)39-28-23(21)27-32-26(33-34(27)14-31-28)15-10-12-16(30)13-11-15/h3-14,21H,1-2H3. The highest BCUT2D eigenvalue weighted by atomic mass is 79.9. The fourth-order valence-electron chi connectivity index (χ4n) is 5.10. The predicted octanol–water partition coefficient (Wildman–Crippen LogP) is 5.96. The summed E-state index contributed by atoms with van der Waals surface area (Å²) in [5.41, 5.74) is 2.76. The molecule has 4 heterocycles. The molecule has 192 valence electrons. The molecule has 0 saturated heterocycles. The Morgan fingerprint density at radius 1 is 0.949 bits per heavy atom. The lowest BCUT2D eigenvalue weighted by atomic mass is 9.83. The van der Waals surface area contributed by atoms with Gasteiger partial charge in [0.05, 0.1) is 36.7 Å². The van der Waals surface area contributed by atoms with E-state index in [0.717, 1.165) is 10.0 Å². The Bertz CT molecular complexity index is 1970. The molecule has 0 N–H and O–H groups in total. The maximum absolute atomic E-state index is 13.6. The Labute approximate surface area is 229 Å². The molecule has 1 aliphatic heterocycles. The van der Waals surface area contributed by atoms with Gasteiger partial charge in [-0.25, -0.2) is 19.3 Å². The van der Waals surface area contributed by atoms with Crippen molar-refractivity contribution in [3.8, 4) is 34.5 Å². The van der Waals surface area contributed by atoms with Crippen molar-refractivity contribution in [2.45, 2.75) is 5.92 Å². The lowest BCUT2D eigenvalue weighted by Gasteiger charge is -2.28. The van der Waals surface area contributed by atoms with Gasteiger partial charge < -0.3 is 18.6 Å². The van der Waals surface area contributed by atoms with Gasteiger partial charge in [0.1, 0.15) is 11.9 Å². The second kappa shape index (κ2) is 8.95. The zero-order chi connectivity index (χ0) is 26.7. The van der Waals surface area contributed by atoms with Crippen molar-refractivity contribution in [2.75, 3.05) is 14.2 Å². The number of para-hydroxylation sites is 2. The van der Waals surface area contributed by atoms with Crippen molar-refractivity contribution in [2.24, 2.45) is 0 Å². The van der Waals surface area contributed by atoms with Gasteiger partial charge >= 0.3 is 5.63 Å². The summed E-state index contributed by atoms with van der Waals surface area (Å²) in [5.74, 6) is 1.50. The second-order valence-electron chi connectivity index (χ2n) is 8.92. The molecular weight excluding hydrogens is 564 g/mol. The lowest BCUT2D eigenvalue weighted by molar-refractivity contribution is 0.349. The molecular formula is C29H19BrN4O5. The summed E-state index contributed by atoms with van der Waals surface area (Å²) in [6, 6.07) is 20.5. The molecule has 1 aliphatic rings. The topological polar surface area (TPSA) is 101 Å². The molecule has 3 aromatic carbocycles. The Hall–Kier alpha value is -4.70. The van der Waals surface area contributed by atoms with Gasteiger partial charge in [0.15, 0.2) is 28.7 Å². The minimum atomic E-state index is -0.701. The summed E-state index contributed by atoms with van der Waals surface area (Å²) in [4.78, 5) is 23.1. The van der Waals surface area contributed by atoms with E-state index in [1.165, 1.54) is 0 Å². The Morgan fingerprint density at radius 2 is 1.77 bits per heavy atom. The zero-order valence-electron chi connectivity index (χ0n) is 20.7. The summed E-state index contributed by atoms with van der Waals surface area (Å²) in [6.45, 7) is 0.